The zero-order valence-corrected chi connectivity index (χ0v) is 30.2. The molecule has 0 bridgehead atoms. The summed E-state index contributed by atoms with van der Waals surface area (Å²) < 4.78 is 12.4. The van der Waals surface area contributed by atoms with Crippen LogP contribution in [0.3, 0.4) is 0 Å². The van der Waals surface area contributed by atoms with Crippen molar-refractivity contribution in [3.8, 4) is 33.8 Å². The van der Waals surface area contributed by atoms with Crippen molar-refractivity contribution in [2.45, 2.75) is 103 Å². The largest absolute Gasteiger partial charge is 0.496 e. The number of hydrogen-bond acceptors (Lipinski definition) is 2. The molecule has 9 rings (SSSR count). The predicted molar refractivity (Wildman–Crippen MR) is 204 cm³/mol. The maximum absolute atomic E-state index is 6.20. The Labute approximate surface area is 296 Å². The van der Waals surface area contributed by atoms with Gasteiger partial charge in [-0.1, -0.05) is 45.0 Å². The Morgan fingerprint density at radius 2 is 0.714 bits per heavy atom. The molecule has 5 radical (unpaired) electrons. The Morgan fingerprint density at radius 1 is 0.388 bits per heavy atom. The average Bonchev–Trinajstić information content (AvgIpc) is 3.66. The molecule has 2 nitrogen and oxygen atoms in total. The molecule has 5 aliphatic rings. The second kappa shape index (κ2) is 13.6. The normalized spacial score (nSPS) is 19.1. The summed E-state index contributed by atoms with van der Waals surface area (Å²) in [4.78, 5) is 0. The lowest BCUT2D eigenvalue weighted by molar-refractivity contribution is 0.415. The second-order valence-corrected chi connectivity index (χ2v) is 16.0. The van der Waals surface area contributed by atoms with E-state index in [0.29, 0.717) is 0 Å². The first-order valence-corrected chi connectivity index (χ1v) is 19.9. The second-order valence-electron chi connectivity index (χ2n) is 14.9. The summed E-state index contributed by atoms with van der Waals surface area (Å²) in [6.07, 6.45) is 24.4. The van der Waals surface area contributed by atoms with Gasteiger partial charge in [-0.05, 0) is 194 Å². The minimum absolute atomic E-state index is 1.04. The van der Waals surface area contributed by atoms with Crippen LogP contribution >= 0.6 is 8.58 Å². The number of benzene rings is 4. The van der Waals surface area contributed by atoms with Crippen molar-refractivity contribution in [2.24, 2.45) is 0 Å². The number of ether oxygens (including phenoxy) is 2. The highest BCUT2D eigenvalue weighted by molar-refractivity contribution is 7.47. The molecule has 4 aromatic carbocycles. The van der Waals surface area contributed by atoms with Gasteiger partial charge in [-0.3, -0.25) is 0 Å². The SMILES string of the molecule is COc1ccc2c(c1-c1c([C]3[CH][CH][C](c4ccc5c(c4-c4c(OC)ccc6c4CCCC6)CCCC5)[P]3)ccc3c1CCCC3)CCCC2. The number of aryl methyl sites for hydroxylation is 4. The van der Waals surface area contributed by atoms with Crippen LogP contribution in [0.4, 0.5) is 0 Å². The van der Waals surface area contributed by atoms with Gasteiger partial charge in [0.1, 0.15) is 11.5 Å². The smallest absolute Gasteiger partial charge is 0.127 e. The summed E-state index contributed by atoms with van der Waals surface area (Å²) in [6.45, 7) is 0. The molecule has 0 amide bonds. The first-order valence-electron chi connectivity index (χ1n) is 19.1. The molecule has 249 valence electrons. The Balaban J connectivity index is 1.18. The lowest BCUT2D eigenvalue weighted by Crippen LogP contribution is -2.12. The van der Waals surface area contributed by atoms with E-state index in [1.54, 1.807) is 22.3 Å². The topological polar surface area (TPSA) is 18.5 Å². The van der Waals surface area contributed by atoms with E-state index in [4.69, 9.17) is 9.47 Å². The van der Waals surface area contributed by atoms with Gasteiger partial charge in [0.15, 0.2) is 0 Å². The third-order valence-electron chi connectivity index (χ3n) is 12.2. The molecule has 49 heavy (non-hydrogen) atoms. The molecule has 0 aromatic heterocycles. The van der Waals surface area contributed by atoms with Gasteiger partial charge in [-0.2, -0.15) is 0 Å². The third kappa shape index (κ3) is 5.56. The highest BCUT2D eigenvalue weighted by Crippen LogP contribution is 2.60. The van der Waals surface area contributed by atoms with Gasteiger partial charge in [0.2, 0.25) is 0 Å². The Morgan fingerprint density at radius 3 is 1.08 bits per heavy atom. The number of fused-ring (bicyclic) bond motifs is 4. The van der Waals surface area contributed by atoms with Crippen molar-refractivity contribution in [3.05, 3.63) is 128 Å². The van der Waals surface area contributed by atoms with E-state index in [9.17, 15) is 0 Å². The first-order chi connectivity index (χ1) is 24.2. The van der Waals surface area contributed by atoms with Gasteiger partial charge in [0, 0.05) is 22.4 Å². The summed E-state index contributed by atoms with van der Waals surface area (Å²) in [5.74, 6) is 2.09. The van der Waals surface area contributed by atoms with E-state index >= 15 is 0 Å². The van der Waals surface area contributed by atoms with Crippen LogP contribution in [0.2, 0.25) is 0 Å². The van der Waals surface area contributed by atoms with Crippen molar-refractivity contribution in [1.82, 2.24) is 0 Å². The van der Waals surface area contributed by atoms with Crippen LogP contribution in [0.15, 0.2) is 48.5 Å². The number of hydrogen-bond donors (Lipinski definition) is 0. The molecule has 3 heteroatoms. The highest BCUT2D eigenvalue weighted by atomic mass is 31.1. The van der Waals surface area contributed by atoms with E-state index in [1.807, 2.05) is 14.2 Å². The molecule has 1 saturated heterocycles. The van der Waals surface area contributed by atoms with E-state index in [-0.39, 0.29) is 0 Å². The molecule has 4 aliphatic carbocycles. The lowest BCUT2D eigenvalue weighted by Gasteiger charge is -2.30. The minimum Gasteiger partial charge on any atom is -0.496 e. The summed E-state index contributed by atoms with van der Waals surface area (Å²) >= 11 is 0. The van der Waals surface area contributed by atoms with Crippen molar-refractivity contribution < 1.29 is 9.47 Å². The Bertz CT molecular complexity index is 1770. The third-order valence-corrected chi connectivity index (χ3v) is 13.4. The number of methoxy groups -OCH3 is 2. The van der Waals surface area contributed by atoms with Crippen LogP contribution in [0, 0.1) is 24.2 Å². The molecule has 1 fully saturated rings. The highest BCUT2D eigenvalue weighted by Gasteiger charge is 2.37. The first kappa shape index (κ1) is 31.9. The molecule has 0 atom stereocenters. The molecular formula is C46H48O2P. The van der Waals surface area contributed by atoms with Gasteiger partial charge in [0.05, 0.1) is 14.2 Å². The van der Waals surface area contributed by atoms with Crippen LogP contribution in [0.5, 0.6) is 11.5 Å². The van der Waals surface area contributed by atoms with Gasteiger partial charge in [-0.15, -0.1) is 0 Å². The van der Waals surface area contributed by atoms with Crippen LogP contribution in [0.25, 0.3) is 22.3 Å². The molecular weight excluding hydrogens is 615 g/mol. The minimum atomic E-state index is 1.04. The predicted octanol–water partition coefficient (Wildman–Crippen LogP) is 11.4. The molecule has 0 unspecified atom stereocenters. The molecule has 4 aromatic rings. The molecule has 0 spiro atoms. The number of rotatable bonds is 6. The van der Waals surface area contributed by atoms with Crippen molar-refractivity contribution in [3.63, 3.8) is 0 Å². The van der Waals surface area contributed by atoms with E-state index in [0.717, 1.165) is 37.2 Å². The summed E-state index contributed by atoms with van der Waals surface area (Å²) in [7, 11) is 5.02. The summed E-state index contributed by atoms with van der Waals surface area (Å²) in [5, 5.41) is 0. The van der Waals surface area contributed by atoms with Crippen LogP contribution in [-0.4, -0.2) is 14.2 Å². The fourth-order valence-corrected chi connectivity index (χ4v) is 11.0. The Kier molecular flexibility index (Phi) is 8.82. The molecule has 1 heterocycles. The van der Waals surface area contributed by atoms with E-state index < -0.39 is 0 Å². The molecule has 1 aliphatic heterocycles. The summed E-state index contributed by atoms with van der Waals surface area (Å²) in [6, 6.07) is 19.0. The van der Waals surface area contributed by atoms with Gasteiger partial charge < -0.3 is 9.47 Å². The zero-order chi connectivity index (χ0) is 32.9. The van der Waals surface area contributed by atoms with Gasteiger partial charge >= 0.3 is 0 Å². The monoisotopic (exact) mass is 663 g/mol. The van der Waals surface area contributed by atoms with Gasteiger partial charge in [-0.25, -0.2) is 0 Å². The maximum Gasteiger partial charge on any atom is 0.127 e. The average molecular weight is 664 g/mol. The molecule has 0 N–H and O–H groups in total. The van der Waals surface area contributed by atoms with E-state index in [2.05, 4.69) is 61.4 Å². The summed E-state index contributed by atoms with van der Waals surface area (Å²) in [5.41, 5.74) is 23.7. The lowest BCUT2D eigenvalue weighted by atomic mass is 9.77. The standard InChI is InChI=1S/C46H48O2P/c1-47-39-25-21-31-13-5-9-17-35(31)45(39)43-33-15-7-3-11-29(33)19-23-37(43)41-27-28-42(49-41)38-24-20-30-12-4-8-16-34(30)44(38)46-36-18-10-6-14-32(36)22-26-40(46)48-2/h19-28H,3-18H2,1-2H3. The van der Waals surface area contributed by atoms with Crippen LogP contribution in [-0.2, 0) is 51.4 Å². The Hall–Kier alpha value is -3.09. The van der Waals surface area contributed by atoms with E-state index in [1.165, 1.54) is 153 Å². The maximum atomic E-state index is 6.20. The fourth-order valence-electron chi connectivity index (χ4n) is 9.82. The van der Waals surface area contributed by atoms with Crippen molar-refractivity contribution in [2.75, 3.05) is 14.2 Å². The zero-order valence-electron chi connectivity index (χ0n) is 29.4. The van der Waals surface area contributed by atoms with Gasteiger partial charge in [0.25, 0.3) is 0 Å². The quantitative estimate of drug-likeness (QED) is 0.191. The molecule has 0 saturated carbocycles. The van der Waals surface area contributed by atoms with Crippen LogP contribution < -0.4 is 9.47 Å². The fraction of sp³-hybridized carbons (Fsp3) is 0.391. The van der Waals surface area contributed by atoms with Crippen LogP contribution in [0.1, 0.15) is 107 Å². The van der Waals surface area contributed by atoms with Crippen molar-refractivity contribution >= 4 is 8.58 Å². The van der Waals surface area contributed by atoms with Crippen molar-refractivity contribution in [1.29, 1.82) is 0 Å².